The Morgan fingerprint density at radius 2 is 1.75 bits per heavy atom. The van der Waals surface area contributed by atoms with Crippen molar-refractivity contribution < 1.29 is 24.3 Å². The van der Waals surface area contributed by atoms with Crippen molar-refractivity contribution in [1.82, 2.24) is 15.5 Å². The fourth-order valence-electron chi connectivity index (χ4n) is 4.05. The van der Waals surface area contributed by atoms with E-state index in [9.17, 15) is 24.3 Å². The number of carbonyl (C=O) groups is 4. The third kappa shape index (κ3) is 9.97. The molecule has 0 aromatic rings. The number of guanidine groups is 1. The first kappa shape index (κ1) is 31.1. The molecule has 5 unspecified atom stereocenters. The van der Waals surface area contributed by atoms with Crippen LogP contribution in [0, 0.1) is 5.92 Å². The number of nitrogens with zero attached hydrogens (tertiary/aromatic N) is 2. The van der Waals surface area contributed by atoms with Gasteiger partial charge < -0.3 is 43.6 Å². The van der Waals surface area contributed by atoms with Crippen LogP contribution in [-0.4, -0.2) is 83.5 Å². The molecule has 36 heavy (non-hydrogen) atoms. The topological polar surface area (TPSA) is 232 Å². The zero-order valence-electron chi connectivity index (χ0n) is 21.4. The van der Waals surface area contributed by atoms with Crippen molar-refractivity contribution in [2.24, 2.45) is 33.8 Å². The zero-order chi connectivity index (χ0) is 27.3. The first-order valence-corrected chi connectivity index (χ1v) is 12.7. The van der Waals surface area contributed by atoms with E-state index >= 15 is 0 Å². The minimum atomic E-state index is -1.17. The molecule has 0 bridgehead atoms. The Kier molecular flexibility index (Phi) is 13.8. The van der Waals surface area contributed by atoms with E-state index in [1.807, 2.05) is 13.8 Å². The van der Waals surface area contributed by atoms with Gasteiger partial charge in [0.1, 0.15) is 18.1 Å². The molecule has 1 aliphatic rings. The minimum Gasteiger partial charge on any atom is -0.480 e. The molecule has 1 rings (SSSR count). The summed E-state index contributed by atoms with van der Waals surface area (Å²) in [5.74, 6) is -2.69. The number of likely N-dealkylation sites (tertiary alicyclic amines) is 1. The van der Waals surface area contributed by atoms with Crippen LogP contribution in [-0.2, 0) is 19.2 Å². The lowest BCUT2D eigenvalue weighted by Gasteiger charge is -2.30. The number of carboxylic acids is 1. The highest BCUT2D eigenvalue weighted by Crippen LogP contribution is 2.21. The lowest BCUT2D eigenvalue weighted by molar-refractivity contribution is -0.143. The van der Waals surface area contributed by atoms with Crippen LogP contribution in [0.4, 0.5) is 0 Å². The van der Waals surface area contributed by atoms with Crippen molar-refractivity contribution in [3.05, 3.63) is 0 Å². The van der Waals surface area contributed by atoms with Crippen molar-refractivity contribution in [1.29, 1.82) is 0 Å². The van der Waals surface area contributed by atoms with Crippen molar-refractivity contribution in [2.45, 2.75) is 89.4 Å². The zero-order valence-corrected chi connectivity index (χ0v) is 21.4. The van der Waals surface area contributed by atoms with Crippen LogP contribution in [0.15, 0.2) is 4.99 Å². The highest BCUT2D eigenvalue weighted by molar-refractivity contribution is 5.94. The maximum atomic E-state index is 13.2. The summed E-state index contributed by atoms with van der Waals surface area (Å²) in [6.07, 6.45) is 3.74. The molecule has 1 saturated heterocycles. The molecule has 1 aliphatic heterocycles. The Morgan fingerprint density at radius 3 is 2.33 bits per heavy atom. The number of rotatable bonds is 16. The molecule has 13 nitrogen and oxygen atoms in total. The van der Waals surface area contributed by atoms with Gasteiger partial charge in [0.25, 0.3) is 0 Å². The third-order valence-corrected chi connectivity index (χ3v) is 6.52. The van der Waals surface area contributed by atoms with E-state index in [1.54, 1.807) is 0 Å². The largest absolute Gasteiger partial charge is 0.480 e. The van der Waals surface area contributed by atoms with Crippen molar-refractivity contribution >= 4 is 29.7 Å². The van der Waals surface area contributed by atoms with Gasteiger partial charge >= 0.3 is 5.97 Å². The number of carboxylic acid groups (broad SMARTS) is 1. The van der Waals surface area contributed by atoms with Crippen molar-refractivity contribution in [2.75, 3.05) is 19.6 Å². The number of unbranched alkanes of at least 4 members (excludes halogenated alkanes) is 1. The smallest absolute Gasteiger partial charge is 0.326 e. The highest BCUT2D eigenvalue weighted by Gasteiger charge is 2.38. The number of nitrogens with two attached hydrogens (primary N) is 4. The molecule has 0 aromatic carbocycles. The predicted molar refractivity (Wildman–Crippen MR) is 136 cm³/mol. The minimum absolute atomic E-state index is 0.0388. The van der Waals surface area contributed by atoms with Crippen LogP contribution in [0.3, 0.4) is 0 Å². The molecule has 5 atom stereocenters. The molecular weight excluding hydrogens is 468 g/mol. The van der Waals surface area contributed by atoms with Crippen LogP contribution < -0.4 is 33.6 Å². The summed E-state index contributed by atoms with van der Waals surface area (Å²) in [4.78, 5) is 56.1. The van der Waals surface area contributed by atoms with Gasteiger partial charge in [-0.3, -0.25) is 19.4 Å². The van der Waals surface area contributed by atoms with Crippen LogP contribution in [0.2, 0.25) is 0 Å². The normalized spacial score (nSPS) is 18.6. The Bertz CT molecular complexity index is 774. The number of aliphatic imine (C=N–C) groups is 1. The number of aliphatic carboxylic acids is 1. The number of hydrogen-bond donors (Lipinski definition) is 7. The van der Waals surface area contributed by atoms with Crippen molar-refractivity contribution in [3.8, 4) is 0 Å². The van der Waals surface area contributed by atoms with Gasteiger partial charge in [-0.2, -0.15) is 0 Å². The molecule has 13 heteroatoms. The molecule has 0 spiro atoms. The summed E-state index contributed by atoms with van der Waals surface area (Å²) < 4.78 is 0. The molecule has 11 N–H and O–H groups in total. The fourth-order valence-corrected chi connectivity index (χ4v) is 4.05. The van der Waals surface area contributed by atoms with Gasteiger partial charge in [-0.1, -0.05) is 20.3 Å². The Hall–Kier alpha value is -2.93. The molecule has 0 radical (unpaired) electrons. The molecule has 206 valence electrons. The SMILES string of the molecule is CCC(C)C(N)C(=O)N1CCCC1C(=O)NC(CCCN=C(N)N)C(=O)NC(CCCCN)C(=O)O. The van der Waals surface area contributed by atoms with Crippen LogP contribution in [0.1, 0.15) is 65.2 Å². The van der Waals surface area contributed by atoms with Gasteiger partial charge in [0, 0.05) is 13.1 Å². The number of carbonyl (C=O) groups excluding carboxylic acids is 3. The second-order valence-electron chi connectivity index (χ2n) is 9.29. The predicted octanol–water partition coefficient (Wildman–Crippen LogP) is -1.41. The molecular formula is C23H44N8O5. The molecule has 1 heterocycles. The average Bonchev–Trinajstić information content (AvgIpc) is 3.33. The van der Waals surface area contributed by atoms with Crippen LogP contribution in [0.5, 0.6) is 0 Å². The Morgan fingerprint density at radius 1 is 1.08 bits per heavy atom. The molecule has 0 saturated carbocycles. The Labute approximate surface area is 212 Å². The standard InChI is InChI=1S/C23H44N8O5/c1-3-14(2)18(25)21(34)31-13-7-10-17(31)20(33)29-15(9-6-12-28-23(26)27)19(32)30-16(22(35)36)8-4-5-11-24/h14-18H,3-13,24-25H2,1-2H3,(H,29,33)(H,30,32)(H,35,36)(H4,26,27,28). The lowest BCUT2D eigenvalue weighted by Crippen LogP contribution is -2.57. The third-order valence-electron chi connectivity index (χ3n) is 6.52. The second kappa shape index (κ2) is 15.9. The van der Waals surface area contributed by atoms with Gasteiger partial charge in [-0.05, 0) is 57.4 Å². The summed E-state index contributed by atoms with van der Waals surface area (Å²) in [5.41, 5.74) is 22.3. The molecule has 3 amide bonds. The van der Waals surface area contributed by atoms with Crippen LogP contribution in [0.25, 0.3) is 0 Å². The fraction of sp³-hybridized carbons (Fsp3) is 0.783. The second-order valence-corrected chi connectivity index (χ2v) is 9.29. The van der Waals surface area contributed by atoms with E-state index in [2.05, 4.69) is 15.6 Å². The summed E-state index contributed by atoms with van der Waals surface area (Å²) in [6.45, 7) is 4.89. The van der Waals surface area contributed by atoms with E-state index < -0.39 is 42.0 Å². The Balaban J connectivity index is 2.96. The van der Waals surface area contributed by atoms with Crippen molar-refractivity contribution in [3.63, 3.8) is 0 Å². The molecule has 1 fully saturated rings. The quantitative estimate of drug-likeness (QED) is 0.0729. The van der Waals surface area contributed by atoms with E-state index in [1.165, 1.54) is 4.90 Å². The summed E-state index contributed by atoms with van der Waals surface area (Å²) >= 11 is 0. The number of hydrogen-bond acceptors (Lipinski definition) is 7. The summed E-state index contributed by atoms with van der Waals surface area (Å²) in [6, 6.07) is -3.60. The lowest BCUT2D eigenvalue weighted by atomic mass is 9.98. The summed E-state index contributed by atoms with van der Waals surface area (Å²) in [7, 11) is 0. The average molecular weight is 513 g/mol. The van der Waals surface area contributed by atoms with E-state index in [-0.39, 0.29) is 37.2 Å². The van der Waals surface area contributed by atoms with Crippen LogP contribution >= 0.6 is 0 Å². The van der Waals surface area contributed by atoms with Gasteiger partial charge in [0.15, 0.2) is 5.96 Å². The van der Waals surface area contributed by atoms with Gasteiger partial charge in [0.05, 0.1) is 6.04 Å². The highest BCUT2D eigenvalue weighted by atomic mass is 16.4. The first-order chi connectivity index (χ1) is 17.0. The summed E-state index contributed by atoms with van der Waals surface area (Å²) in [5, 5.41) is 14.7. The maximum absolute atomic E-state index is 13.2. The number of nitrogens with one attached hydrogen (secondary N) is 2. The first-order valence-electron chi connectivity index (χ1n) is 12.7. The van der Waals surface area contributed by atoms with Gasteiger partial charge in [-0.25, -0.2) is 4.79 Å². The number of amides is 3. The van der Waals surface area contributed by atoms with E-state index in [4.69, 9.17) is 22.9 Å². The van der Waals surface area contributed by atoms with E-state index in [0.29, 0.717) is 45.2 Å². The monoisotopic (exact) mass is 512 g/mol. The maximum Gasteiger partial charge on any atom is 0.326 e. The molecule has 0 aliphatic carbocycles. The van der Waals surface area contributed by atoms with Gasteiger partial charge in [0.2, 0.25) is 17.7 Å². The van der Waals surface area contributed by atoms with Gasteiger partial charge in [-0.15, -0.1) is 0 Å². The molecule has 0 aromatic heterocycles. The van der Waals surface area contributed by atoms with E-state index in [0.717, 1.165) is 6.42 Å².